The van der Waals surface area contributed by atoms with Crippen molar-refractivity contribution in [2.75, 3.05) is 13.1 Å². The summed E-state index contributed by atoms with van der Waals surface area (Å²) >= 11 is 0. The maximum Gasteiger partial charge on any atom is 0.251 e. The normalized spacial score (nSPS) is 10.5. The summed E-state index contributed by atoms with van der Waals surface area (Å²) in [6.45, 7) is 0.597. The molecule has 132 valence electrons. The third-order valence-corrected chi connectivity index (χ3v) is 3.91. The molecule has 6 heteroatoms. The number of hydrogen-bond acceptors (Lipinski definition) is 3. The van der Waals surface area contributed by atoms with E-state index >= 15 is 0 Å². The van der Waals surface area contributed by atoms with Gasteiger partial charge in [-0.15, -0.1) is 0 Å². The molecule has 0 atom stereocenters. The van der Waals surface area contributed by atoms with Gasteiger partial charge in [0.15, 0.2) is 0 Å². The molecule has 26 heavy (non-hydrogen) atoms. The number of nitrogens with zero attached hydrogens (tertiary/aromatic N) is 1. The standard InChI is InChI=1S/C20H18FN3O2/c21-17-8-6-15(7-9-17)20(26)24-12-11-22-18(25)13-16-4-1-3-14-5-2-10-23-19(14)16/h1-10H,11-13H2,(H,22,25)(H,24,26). The molecule has 0 aliphatic rings. The number of amides is 2. The molecule has 0 saturated heterocycles. The van der Waals surface area contributed by atoms with Crippen molar-refractivity contribution >= 4 is 22.7 Å². The van der Waals surface area contributed by atoms with Gasteiger partial charge in [0.05, 0.1) is 11.9 Å². The van der Waals surface area contributed by atoms with Crippen molar-refractivity contribution < 1.29 is 14.0 Å². The van der Waals surface area contributed by atoms with Crippen LogP contribution < -0.4 is 10.6 Å². The molecule has 0 spiro atoms. The molecule has 1 aromatic heterocycles. The second kappa shape index (κ2) is 8.20. The van der Waals surface area contributed by atoms with Crippen LogP contribution in [0.15, 0.2) is 60.8 Å². The first-order valence-corrected chi connectivity index (χ1v) is 8.26. The molecule has 0 radical (unpaired) electrons. The number of carbonyl (C=O) groups is 2. The van der Waals surface area contributed by atoms with Crippen LogP contribution in [0, 0.1) is 5.82 Å². The van der Waals surface area contributed by atoms with Crippen molar-refractivity contribution in [1.82, 2.24) is 15.6 Å². The number of carbonyl (C=O) groups excluding carboxylic acids is 2. The summed E-state index contributed by atoms with van der Waals surface area (Å²) in [5.74, 6) is -0.839. The van der Waals surface area contributed by atoms with Gasteiger partial charge in [-0.1, -0.05) is 24.3 Å². The highest BCUT2D eigenvalue weighted by atomic mass is 19.1. The SMILES string of the molecule is O=C(Cc1cccc2cccnc12)NCCNC(=O)c1ccc(F)cc1. The van der Waals surface area contributed by atoms with Gasteiger partial charge in [0, 0.05) is 30.2 Å². The van der Waals surface area contributed by atoms with E-state index in [9.17, 15) is 14.0 Å². The molecule has 2 aromatic carbocycles. The molecule has 0 saturated carbocycles. The van der Waals surface area contributed by atoms with Crippen LogP contribution in [-0.4, -0.2) is 29.9 Å². The van der Waals surface area contributed by atoms with Crippen LogP contribution in [0.4, 0.5) is 4.39 Å². The molecule has 3 aromatic rings. The molecule has 0 aliphatic heterocycles. The van der Waals surface area contributed by atoms with Crippen LogP contribution >= 0.6 is 0 Å². The minimum absolute atomic E-state index is 0.140. The lowest BCUT2D eigenvalue weighted by Crippen LogP contribution is -2.35. The van der Waals surface area contributed by atoms with Gasteiger partial charge < -0.3 is 10.6 Å². The lowest BCUT2D eigenvalue weighted by atomic mass is 10.1. The Morgan fingerprint density at radius 2 is 1.65 bits per heavy atom. The number of nitrogens with one attached hydrogen (secondary N) is 2. The van der Waals surface area contributed by atoms with Crippen molar-refractivity contribution in [3.8, 4) is 0 Å². The van der Waals surface area contributed by atoms with Crippen LogP contribution in [0.1, 0.15) is 15.9 Å². The summed E-state index contributed by atoms with van der Waals surface area (Å²) in [5, 5.41) is 6.44. The number of rotatable bonds is 6. The quantitative estimate of drug-likeness (QED) is 0.670. The van der Waals surface area contributed by atoms with E-state index in [1.165, 1.54) is 24.3 Å². The average molecular weight is 351 g/mol. The summed E-state index contributed by atoms with van der Waals surface area (Å²) in [4.78, 5) is 28.3. The Hall–Kier alpha value is -3.28. The van der Waals surface area contributed by atoms with Crippen molar-refractivity contribution in [3.63, 3.8) is 0 Å². The maximum atomic E-state index is 12.8. The zero-order valence-electron chi connectivity index (χ0n) is 14.0. The van der Waals surface area contributed by atoms with Crippen LogP contribution in [0.25, 0.3) is 10.9 Å². The fraction of sp³-hybridized carbons (Fsp3) is 0.150. The van der Waals surface area contributed by atoms with E-state index in [0.29, 0.717) is 12.1 Å². The predicted octanol–water partition coefficient (Wildman–Crippen LogP) is 2.46. The Kier molecular flexibility index (Phi) is 5.53. The van der Waals surface area contributed by atoms with Gasteiger partial charge in [0.1, 0.15) is 5.82 Å². The summed E-state index contributed by atoms with van der Waals surface area (Å²) < 4.78 is 12.8. The van der Waals surface area contributed by atoms with Gasteiger partial charge >= 0.3 is 0 Å². The van der Waals surface area contributed by atoms with Crippen LogP contribution in [0.2, 0.25) is 0 Å². The van der Waals surface area contributed by atoms with E-state index in [2.05, 4.69) is 15.6 Å². The second-order valence-electron chi connectivity index (χ2n) is 5.78. The first-order valence-electron chi connectivity index (χ1n) is 8.26. The molecule has 5 nitrogen and oxygen atoms in total. The molecule has 2 amide bonds. The number of para-hydroxylation sites is 1. The Morgan fingerprint density at radius 1 is 0.923 bits per heavy atom. The van der Waals surface area contributed by atoms with Gasteiger partial charge in [-0.2, -0.15) is 0 Å². The average Bonchev–Trinajstić information content (AvgIpc) is 2.66. The molecule has 2 N–H and O–H groups in total. The largest absolute Gasteiger partial charge is 0.354 e. The fourth-order valence-electron chi connectivity index (χ4n) is 2.63. The van der Waals surface area contributed by atoms with Gasteiger partial charge in [0.2, 0.25) is 5.91 Å². The predicted molar refractivity (Wildman–Crippen MR) is 97.2 cm³/mol. The summed E-state index contributed by atoms with van der Waals surface area (Å²) in [6.07, 6.45) is 1.93. The highest BCUT2D eigenvalue weighted by Gasteiger charge is 2.08. The van der Waals surface area contributed by atoms with Crippen LogP contribution in [0.5, 0.6) is 0 Å². The van der Waals surface area contributed by atoms with Crippen LogP contribution in [-0.2, 0) is 11.2 Å². The van der Waals surface area contributed by atoms with Crippen molar-refractivity contribution in [2.24, 2.45) is 0 Å². The molecule has 0 unspecified atom stereocenters. The zero-order chi connectivity index (χ0) is 18.4. The molecule has 0 fully saturated rings. The van der Waals surface area contributed by atoms with E-state index in [1.54, 1.807) is 6.20 Å². The minimum atomic E-state index is -0.392. The summed E-state index contributed by atoms with van der Waals surface area (Å²) in [5.41, 5.74) is 2.05. The number of halogens is 1. The van der Waals surface area contributed by atoms with Gasteiger partial charge in [-0.05, 0) is 35.9 Å². The maximum absolute atomic E-state index is 12.8. The van der Waals surface area contributed by atoms with Gasteiger partial charge in [-0.25, -0.2) is 4.39 Å². The van der Waals surface area contributed by atoms with E-state index < -0.39 is 5.82 Å². The number of fused-ring (bicyclic) bond motifs is 1. The number of pyridine rings is 1. The molecule has 0 bridgehead atoms. The Morgan fingerprint density at radius 3 is 2.46 bits per heavy atom. The van der Waals surface area contributed by atoms with E-state index in [4.69, 9.17) is 0 Å². The van der Waals surface area contributed by atoms with Crippen molar-refractivity contribution in [1.29, 1.82) is 0 Å². The Bertz CT molecular complexity index is 920. The highest BCUT2D eigenvalue weighted by Crippen LogP contribution is 2.16. The molecule has 1 heterocycles. The highest BCUT2D eigenvalue weighted by molar-refractivity contribution is 5.94. The third-order valence-electron chi connectivity index (χ3n) is 3.91. The molecule has 3 rings (SSSR count). The third kappa shape index (κ3) is 4.42. The number of hydrogen-bond donors (Lipinski definition) is 2. The minimum Gasteiger partial charge on any atom is -0.354 e. The monoisotopic (exact) mass is 351 g/mol. The first-order chi connectivity index (χ1) is 12.6. The second-order valence-corrected chi connectivity index (χ2v) is 5.78. The topological polar surface area (TPSA) is 71.1 Å². The molecular formula is C20H18FN3O2. The lowest BCUT2D eigenvalue weighted by Gasteiger charge is -2.08. The number of aromatic nitrogens is 1. The van der Waals surface area contributed by atoms with Crippen molar-refractivity contribution in [3.05, 3.63) is 77.7 Å². The summed E-state index contributed by atoms with van der Waals surface area (Å²) in [7, 11) is 0. The lowest BCUT2D eigenvalue weighted by molar-refractivity contribution is -0.120. The van der Waals surface area contributed by atoms with Crippen LogP contribution in [0.3, 0.4) is 0 Å². The Labute approximate surface area is 150 Å². The van der Waals surface area contributed by atoms with E-state index in [-0.39, 0.29) is 24.8 Å². The molecule has 0 aliphatic carbocycles. The molecular weight excluding hydrogens is 333 g/mol. The first kappa shape index (κ1) is 17.5. The zero-order valence-corrected chi connectivity index (χ0v) is 14.0. The Balaban J connectivity index is 1.47. The van der Waals surface area contributed by atoms with Gasteiger partial charge in [0.25, 0.3) is 5.91 Å². The smallest absolute Gasteiger partial charge is 0.251 e. The summed E-state index contributed by atoms with van der Waals surface area (Å²) in [6, 6.07) is 14.8. The van der Waals surface area contributed by atoms with Gasteiger partial charge in [-0.3, -0.25) is 14.6 Å². The van der Waals surface area contributed by atoms with E-state index in [1.807, 2.05) is 30.3 Å². The fourth-order valence-corrected chi connectivity index (χ4v) is 2.63. The van der Waals surface area contributed by atoms with E-state index in [0.717, 1.165) is 16.5 Å². The van der Waals surface area contributed by atoms with Crippen molar-refractivity contribution in [2.45, 2.75) is 6.42 Å². The number of benzene rings is 2.